The molecule has 0 aliphatic carbocycles. The second-order valence-corrected chi connectivity index (χ2v) is 4.90. The van der Waals surface area contributed by atoms with Crippen molar-refractivity contribution >= 4 is 25.7 Å². The SMILES string of the molecule is CCn1ncc(C(=O)O)c1S(=O)(=O)Cl. The molecule has 1 aromatic heterocycles. The van der Waals surface area contributed by atoms with Crippen molar-refractivity contribution in [2.75, 3.05) is 0 Å². The highest BCUT2D eigenvalue weighted by molar-refractivity contribution is 8.13. The van der Waals surface area contributed by atoms with Gasteiger partial charge in [-0.2, -0.15) is 5.10 Å². The minimum atomic E-state index is -4.09. The standard InChI is InChI=1S/C6H7ClN2O4S/c1-2-9-5(14(7,12)13)4(3-8-9)6(10)11/h3H,2H2,1H3,(H,10,11). The van der Waals surface area contributed by atoms with E-state index in [1.807, 2.05) is 0 Å². The van der Waals surface area contributed by atoms with Gasteiger partial charge in [-0.3, -0.25) is 4.68 Å². The van der Waals surface area contributed by atoms with Crippen LogP contribution in [-0.4, -0.2) is 29.3 Å². The average molecular weight is 239 g/mol. The molecule has 0 radical (unpaired) electrons. The Morgan fingerprint density at radius 2 is 2.29 bits per heavy atom. The highest BCUT2D eigenvalue weighted by Crippen LogP contribution is 2.19. The molecular formula is C6H7ClN2O4S. The molecule has 1 heterocycles. The Hall–Kier alpha value is -1.08. The number of halogens is 1. The van der Waals surface area contributed by atoms with E-state index >= 15 is 0 Å². The van der Waals surface area contributed by atoms with E-state index in [0.29, 0.717) is 0 Å². The molecule has 1 N–H and O–H groups in total. The van der Waals surface area contributed by atoms with Gasteiger partial charge in [-0.1, -0.05) is 0 Å². The van der Waals surface area contributed by atoms with E-state index in [2.05, 4.69) is 5.10 Å². The van der Waals surface area contributed by atoms with Crippen LogP contribution in [-0.2, 0) is 15.6 Å². The van der Waals surface area contributed by atoms with Crippen molar-refractivity contribution in [3.8, 4) is 0 Å². The maximum Gasteiger partial charge on any atom is 0.340 e. The van der Waals surface area contributed by atoms with Gasteiger partial charge in [-0.05, 0) is 6.92 Å². The van der Waals surface area contributed by atoms with Gasteiger partial charge in [0.2, 0.25) is 0 Å². The zero-order valence-corrected chi connectivity index (χ0v) is 8.71. The number of carboxylic acids is 1. The lowest BCUT2D eigenvalue weighted by Gasteiger charge is -2.00. The van der Waals surface area contributed by atoms with E-state index < -0.39 is 25.6 Å². The van der Waals surface area contributed by atoms with Gasteiger partial charge in [0, 0.05) is 17.2 Å². The van der Waals surface area contributed by atoms with Gasteiger partial charge in [-0.25, -0.2) is 13.2 Å². The molecular weight excluding hydrogens is 232 g/mol. The Balaban J connectivity index is 3.50. The Kier molecular flexibility index (Phi) is 2.81. The summed E-state index contributed by atoms with van der Waals surface area (Å²) in [7, 11) is 0.995. The van der Waals surface area contributed by atoms with Crippen molar-refractivity contribution in [2.45, 2.75) is 18.5 Å². The van der Waals surface area contributed by atoms with E-state index in [1.54, 1.807) is 6.92 Å². The van der Waals surface area contributed by atoms with E-state index in [9.17, 15) is 13.2 Å². The molecule has 6 nitrogen and oxygen atoms in total. The first-order valence-electron chi connectivity index (χ1n) is 3.61. The Morgan fingerprint density at radius 3 is 2.64 bits per heavy atom. The fraction of sp³-hybridized carbons (Fsp3) is 0.333. The van der Waals surface area contributed by atoms with E-state index in [-0.39, 0.29) is 6.54 Å². The van der Waals surface area contributed by atoms with Crippen molar-refractivity contribution in [2.24, 2.45) is 0 Å². The first kappa shape index (κ1) is 11.0. The summed E-state index contributed by atoms with van der Waals surface area (Å²) in [6.07, 6.45) is 0.959. The van der Waals surface area contributed by atoms with Crippen molar-refractivity contribution in [1.82, 2.24) is 9.78 Å². The molecule has 0 atom stereocenters. The Morgan fingerprint density at radius 1 is 1.71 bits per heavy atom. The normalized spacial score (nSPS) is 11.6. The summed E-state index contributed by atoms with van der Waals surface area (Å²) in [6, 6.07) is 0. The monoisotopic (exact) mass is 238 g/mol. The molecule has 1 aromatic rings. The van der Waals surface area contributed by atoms with Crippen LogP contribution in [0.25, 0.3) is 0 Å². The van der Waals surface area contributed by atoms with Gasteiger partial charge >= 0.3 is 5.97 Å². The molecule has 0 aliphatic rings. The molecule has 0 aromatic carbocycles. The van der Waals surface area contributed by atoms with Crippen molar-refractivity contribution in [3.05, 3.63) is 11.8 Å². The molecule has 0 fully saturated rings. The van der Waals surface area contributed by atoms with Crippen LogP contribution in [0.5, 0.6) is 0 Å². The predicted octanol–water partition coefficient (Wildman–Crippen LogP) is 0.529. The van der Waals surface area contributed by atoms with Gasteiger partial charge in [-0.15, -0.1) is 0 Å². The lowest BCUT2D eigenvalue weighted by Crippen LogP contribution is -2.09. The molecule has 0 saturated heterocycles. The maximum absolute atomic E-state index is 11.0. The zero-order valence-electron chi connectivity index (χ0n) is 7.14. The summed E-state index contributed by atoms with van der Waals surface area (Å²) in [6.45, 7) is 1.86. The third-order valence-electron chi connectivity index (χ3n) is 1.55. The second kappa shape index (κ2) is 3.58. The quantitative estimate of drug-likeness (QED) is 0.776. The molecule has 0 unspecified atom stereocenters. The largest absolute Gasteiger partial charge is 0.478 e. The van der Waals surface area contributed by atoms with Gasteiger partial charge in [0.15, 0.2) is 5.03 Å². The molecule has 0 amide bonds. The third-order valence-corrected chi connectivity index (χ3v) is 2.88. The Labute approximate surface area is 84.5 Å². The van der Waals surface area contributed by atoms with Crippen LogP contribution >= 0.6 is 10.7 Å². The van der Waals surface area contributed by atoms with E-state index in [1.165, 1.54) is 0 Å². The molecule has 78 valence electrons. The second-order valence-electron chi connectivity index (χ2n) is 2.42. The first-order chi connectivity index (χ1) is 6.38. The van der Waals surface area contributed by atoms with Crippen molar-refractivity contribution < 1.29 is 18.3 Å². The number of aromatic nitrogens is 2. The molecule has 8 heteroatoms. The van der Waals surface area contributed by atoms with Crippen LogP contribution in [0.2, 0.25) is 0 Å². The number of carboxylic acid groups (broad SMARTS) is 1. The van der Waals surface area contributed by atoms with Crippen LogP contribution in [0.4, 0.5) is 0 Å². The first-order valence-corrected chi connectivity index (χ1v) is 5.92. The van der Waals surface area contributed by atoms with Crippen LogP contribution in [0.3, 0.4) is 0 Å². The van der Waals surface area contributed by atoms with Crippen LogP contribution in [0, 0.1) is 0 Å². The summed E-state index contributed by atoms with van der Waals surface area (Å²) in [4.78, 5) is 10.6. The van der Waals surface area contributed by atoms with Crippen molar-refractivity contribution in [3.63, 3.8) is 0 Å². The van der Waals surface area contributed by atoms with Gasteiger partial charge < -0.3 is 5.11 Å². The molecule has 0 spiro atoms. The highest BCUT2D eigenvalue weighted by atomic mass is 35.7. The number of nitrogens with zero attached hydrogens (tertiary/aromatic N) is 2. The van der Waals surface area contributed by atoms with E-state index in [4.69, 9.17) is 15.8 Å². The van der Waals surface area contributed by atoms with Gasteiger partial charge in [0.1, 0.15) is 5.56 Å². The van der Waals surface area contributed by atoms with Crippen LogP contribution in [0.15, 0.2) is 11.2 Å². The zero-order chi connectivity index (χ0) is 10.9. The van der Waals surface area contributed by atoms with Crippen LogP contribution < -0.4 is 0 Å². The fourth-order valence-corrected chi connectivity index (χ4v) is 2.32. The Bertz CT molecular complexity index is 464. The molecule has 0 aliphatic heterocycles. The minimum Gasteiger partial charge on any atom is -0.478 e. The van der Waals surface area contributed by atoms with Crippen LogP contribution in [0.1, 0.15) is 17.3 Å². The minimum absolute atomic E-state index is 0.231. The summed E-state index contributed by atoms with van der Waals surface area (Å²) in [5.41, 5.74) is -0.415. The average Bonchev–Trinajstić information content (AvgIpc) is 2.45. The summed E-state index contributed by atoms with van der Waals surface area (Å²) >= 11 is 0. The number of hydrogen-bond acceptors (Lipinski definition) is 4. The maximum atomic E-state index is 11.0. The van der Waals surface area contributed by atoms with Crippen molar-refractivity contribution in [1.29, 1.82) is 0 Å². The third kappa shape index (κ3) is 1.88. The highest BCUT2D eigenvalue weighted by Gasteiger charge is 2.25. The molecule has 0 bridgehead atoms. The topological polar surface area (TPSA) is 89.3 Å². The molecule has 14 heavy (non-hydrogen) atoms. The predicted molar refractivity (Wildman–Crippen MR) is 47.9 cm³/mol. The lowest BCUT2D eigenvalue weighted by molar-refractivity contribution is 0.0692. The number of aromatic carboxylic acids is 1. The number of rotatable bonds is 3. The fourth-order valence-electron chi connectivity index (χ4n) is 1.00. The van der Waals surface area contributed by atoms with Gasteiger partial charge in [0.25, 0.3) is 9.05 Å². The molecule has 1 rings (SSSR count). The lowest BCUT2D eigenvalue weighted by atomic mass is 10.4. The smallest absolute Gasteiger partial charge is 0.340 e. The van der Waals surface area contributed by atoms with Gasteiger partial charge in [0.05, 0.1) is 6.20 Å². The number of hydrogen-bond donors (Lipinski definition) is 1. The molecule has 0 saturated carbocycles. The number of aryl methyl sites for hydroxylation is 1. The summed E-state index contributed by atoms with van der Waals surface area (Å²) in [5, 5.41) is 11.8. The van der Waals surface area contributed by atoms with E-state index in [0.717, 1.165) is 10.9 Å². The summed E-state index contributed by atoms with van der Waals surface area (Å²) in [5.74, 6) is -1.37. The summed E-state index contributed by atoms with van der Waals surface area (Å²) < 4.78 is 23.1. The number of carbonyl (C=O) groups is 1.